The fraction of sp³-hybridized carbons (Fsp3) is 0.900. The molecule has 2 rings (SSSR count). The van der Waals surface area contributed by atoms with Gasteiger partial charge in [-0.25, -0.2) is 4.39 Å². The van der Waals surface area contributed by atoms with Crippen LogP contribution < -0.4 is 5.32 Å². The number of nitrogens with zero attached hydrogens (tertiary/aromatic N) is 1. The maximum Gasteiger partial charge on any atom is 0.159 e. The van der Waals surface area contributed by atoms with E-state index >= 15 is 0 Å². The van der Waals surface area contributed by atoms with Crippen molar-refractivity contribution in [1.82, 2.24) is 5.32 Å². The molecule has 5 atom stereocenters. The van der Waals surface area contributed by atoms with Crippen LogP contribution in [0.3, 0.4) is 0 Å². The number of ether oxygens (including phenoxy) is 1. The van der Waals surface area contributed by atoms with E-state index in [9.17, 15) is 14.6 Å². The molecule has 2 heterocycles. The van der Waals surface area contributed by atoms with Gasteiger partial charge in [-0.05, 0) is 13.8 Å². The van der Waals surface area contributed by atoms with E-state index in [0.29, 0.717) is 5.17 Å². The van der Waals surface area contributed by atoms with Gasteiger partial charge < -0.3 is 20.3 Å². The number of hydrogen-bond donors (Lipinski definition) is 3. The summed E-state index contributed by atoms with van der Waals surface area (Å²) in [5.41, 5.74) is -1.79. The average molecular weight is 264 g/mol. The molecule has 0 radical (unpaired) electrons. The Morgan fingerprint density at radius 3 is 2.71 bits per heavy atom. The molecule has 0 aromatic heterocycles. The third-order valence-electron chi connectivity index (χ3n) is 2.93. The minimum Gasteiger partial charge on any atom is -0.388 e. The van der Waals surface area contributed by atoms with Crippen molar-refractivity contribution in [3.8, 4) is 0 Å². The number of hydrogen-bond acceptors (Lipinski definition) is 6. The summed E-state index contributed by atoms with van der Waals surface area (Å²) >= 11 is 1.27. The Labute approximate surface area is 103 Å². The molecule has 0 unspecified atom stereocenters. The van der Waals surface area contributed by atoms with Crippen LogP contribution >= 0.6 is 11.8 Å². The molecule has 2 aliphatic rings. The van der Waals surface area contributed by atoms with Crippen molar-refractivity contribution < 1.29 is 19.3 Å². The lowest BCUT2D eigenvalue weighted by atomic mass is 9.89. The van der Waals surface area contributed by atoms with Crippen LogP contribution in [-0.2, 0) is 4.74 Å². The van der Waals surface area contributed by atoms with Gasteiger partial charge in [-0.3, -0.25) is 4.99 Å². The van der Waals surface area contributed by atoms with Gasteiger partial charge in [0.05, 0.1) is 5.60 Å². The van der Waals surface area contributed by atoms with Gasteiger partial charge in [0.15, 0.2) is 11.3 Å². The zero-order valence-electron chi connectivity index (χ0n) is 9.92. The van der Waals surface area contributed by atoms with Gasteiger partial charge in [-0.1, -0.05) is 11.8 Å². The molecule has 0 bridgehead atoms. The molecule has 0 aliphatic carbocycles. The minimum atomic E-state index is -1.52. The van der Waals surface area contributed by atoms with Crippen LogP contribution in [0.5, 0.6) is 0 Å². The van der Waals surface area contributed by atoms with Crippen LogP contribution in [-0.4, -0.2) is 57.9 Å². The highest BCUT2D eigenvalue weighted by Gasteiger charge is 2.52. The zero-order valence-corrected chi connectivity index (χ0v) is 10.7. The van der Waals surface area contributed by atoms with E-state index < -0.39 is 35.5 Å². The van der Waals surface area contributed by atoms with E-state index in [2.05, 4.69) is 10.3 Å². The number of alkyl halides is 1. The Kier molecular flexibility index (Phi) is 3.37. The monoisotopic (exact) mass is 264 g/mol. The predicted octanol–water partition coefficient (Wildman–Crippen LogP) is -0.128. The fourth-order valence-electron chi connectivity index (χ4n) is 2.04. The van der Waals surface area contributed by atoms with Gasteiger partial charge in [-0.2, -0.15) is 0 Å². The van der Waals surface area contributed by atoms with Crippen molar-refractivity contribution in [2.45, 2.75) is 49.3 Å². The lowest BCUT2D eigenvalue weighted by Gasteiger charge is -2.42. The SMILES string of the molecule is CNC1=N[C@@H]2[C@H](F)[C@H](O)[C@@H](C(C)(C)O)O[C@@H]2S1. The van der Waals surface area contributed by atoms with E-state index in [1.807, 2.05) is 0 Å². The van der Waals surface area contributed by atoms with Gasteiger partial charge in [0.1, 0.15) is 23.7 Å². The number of aliphatic hydroxyl groups excluding tert-OH is 1. The van der Waals surface area contributed by atoms with Crippen molar-refractivity contribution >= 4 is 16.9 Å². The van der Waals surface area contributed by atoms with Gasteiger partial charge in [-0.15, -0.1) is 0 Å². The fourth-order valence-corrected chi connectivity index (χ4v) is 3.08. The van der Waals surface area contributed by atoms with Gasteiger partial charge in [0.2, 0.25) is 0 Å². The second-order valence-corrected chi connectivity index (χ2v) is 5.89. The Bertz CT molecular complexity index is 334. The summed E-state index contributed by atoms with van der Waals surface area (Å²) in [6.07, 6.45) is -3.84. The molecule has 5 nitrogen and oxygen atoms in total. The molecule has 98 valence electrons. The molecule has 1 saturated heterocycles. The van der Waals surface area contributed by atoms with E-state index in [4.69, 9.17) is 4.74 Å². The molecular formula is C10H17FN2O3S. The summed E-state index contributed by atoms with van der Waals surface area (Å²) in [4.78, 5) is 4.10. The van der Waals surface area contributed by atoms with Crippen LogP contribution in [0.1, 0.15) is 13.8 Å². The number of amidine groups is 1. The molecule has 0 spiro atoms. The molecule has 1 fully saturated rings. The highest BCUT2D eigenvalue weighted by Crippen LogP contribution is 2.39. The lowest BCUT2D eigenvalue weighted by molar-refractivity contribution is -0.195. The second-order valence-electron chi connectivity index (χ2n) is 4.81. The number of rotatable bonds is 1. The van der Waals surface area contributed by atoms with Crippen molar-refractivity contribution in [2.75, 3.05) is 7.05 Å². The lowest BCUT2D eigenvalue weighted by Crippen LogP contribution is -2.59. The van der Waals surface area contributed by atoms with Crippen LogP contribution in [0.25, 0.3) is 0 Å². The van der Waals surface area contributed by atoms with Gasteiger partial charge in [0, 0.05) is 7.05 Å². The first-order valence-electron chi connectivity index (χ1n) is 5.47. The summed E-state index contributed by atoms with van der Waals surface area (Å²) in [7, 11) is 1.69. The molecule has 0 amide bonds. The highest BCUT2D eigenvalue weighted by molar-refractivity contribution is 8.14. The molecular weight excluding hydrogens is 247 g/mol. The Morgan fingerprint density at radius 1 is 1.53 bits per heavy atom. The summed E-state index contributed by atoms with van der Waals surface area (Å²) in [5, 5.41) is 23.1. The summed E-state index contributed by atoms with van der Waals surface area (Å²) in [6.45, 7) is 2.99. The average Bonchev–Trinajstić information content (AvgIpc) is 2.65. The van der Waals surface area contributed by atoms with Crippen molar-refractivity contribution in [2.24, 2.45) is 4.99 Å². The number of fused-ring (bicyclic) bond motifs is 1. The second kappa shape index (κ2) is 4.38. The molecule has 0 aromatic carbocycles. The molecule has 2 aliphatic heterocycles. The maximum absolute atomic E-state index is 14.0. The largest absolute Gasteiger partial charge is 0.388 e. The minimum absolute atomic E-state index is 0.493. The van der Waals surface area contributed by atoms with E-state index in [1.165, 1.54) is 25.6 Å². The van der Waals surface area contributed by atoms with Crippen molar-refractivity contribution in [3.05, 3.63) is 0 Å². The van der Waals surface area contributed by atoms with E-state index in [-0.39, 0.29) is 0 Å². The smallest absolute Gasteiger partial charge is 0.159 e. The van der Waals surface area contributed by atoms with Gasteiger partial charge in [0.25, 0.3) is 0 Å². The quantitative estimate of drug-likeness (QED) is 0.615. The number of aliphatic hydroxyl groups is 2. The Hall–Kier alpha value is -0.370. The maximum atomic E-state index is 14.0. The standard InChI is InChI=1S/C10H17FN2O3S/c1-10(2,15)7-6(14)4(11)5-8(16-7)17-9(12-3)13-5/h4-8,14-15H,1-3H3,(H,12,13)/t4-,5+,6-,7-,8+/m0/s1. The number of thioether (sulfide) groups is 1. The summed E-state index contributed by atoms with van der Waals surface area (Å²) in [5.74, 6) is 0. The first-order valence-corrected chi connectivity index (χ1v) is 6.34. The third-order valence-corrected chi connectivity index (χ3v) is 4.08. The molecule has 0 aromatic rings. The van der Waals surface area contributed by atoms with Crippen molar-refractivity contribution in [3.63, 3.8) is 0 Å². The molecule has 0 saturated carbocycles. The van der Waals surface area contributed by atoms with Crippen LogP contribution in [0.2, 0.25) is 0 Å². The van der Waals surface area contributed by atoms with E-state index in [0.717, 1.165) is 0 Å². The van der Waals surface area contributed by atoms with Crippen molar-refractivity contribution in [1.29, 1.82) is 0 Å². The number of halogens is 1. The Morgan fingerprint density at radius 2 is 2.18 bits per heavy atom. The Balaban J connectivity index is 2.18. The normalized spacial score (nSPS) is 42.0. The van der Waals surface area contributed by atoms with Crippen LogP contribution in [0.4, 0.5) is 4.39 Å². The third kappa shape index (κ3) is 2.29. The first-order chi connectivity index (χ1) is 7.84. The van der Waals surface area contributed by atoms with Gasteiger partial charge >= 0.3 is 0 Å². The topological polar surface area (TPSA) is 74.1 Å². The highest BCUT2D eigenvalue weighted by atomic mass is 32.2. The summed E-state index contributed by atoms with van der Waals surface area (Å²) < 4.78 is 19.6. The number of nitrogens with one attached hydrogen (secondary N) is 1. The first kappa shape index (κ1) is 13.1. The van der Waals surface area contributed by atoms with Crippen LogP contribution in [0.15, 0.2) is 4.99 Å². The summed E-state index contributed by atoms with van der Waals surface area (Å²) in [6, 6.07) is -0.712. The molecule has 7 heteroatoms. The molecule has 3 N–H and O–H groups in total. The molecule has 17 heavy (non-hydrogen) atoms. The zero-order chi connectivity index (χ0) is 12.8. The van der Waals surface area contributed by atoms with Crippen LogP contribution in [0, 0.1) is 0 Å². The predicted molar refractivity (Wildman–Crippen MR) is 63.7 cm³/mol. The van der Waals surface area contributed by atoms with E-state index in [1.54, 1.807) is 7.05 Å². The number of aliphatic imine (C=N–C) groups is 1.